The molecular weight excluding hydrogens is 480 g/mol. The van der Waals surface area contributed by atoms with Crippen LogP contribution in [0.4, 0.5) is 5.69 Å². The van der Waals surface area contributed by atoms with Gasteiger partial charge in [0, 0.05) is 49.6 Å². The lowest BCUT2D eigenvalue weighted by molar-refractivity contribution is -0.537. The maximum Gasteiger partial charge on any atom is 0.219 e. The lowest BCUT2D eigenvalue weighted by atomic mass is 9.87. The highest BCUT2D eigenvalue weighted by molar-refractivity contribution is 6.10. The van der Waals surface area contributed by atoms with Crippen molar-refractivity contribution in [2.75, 3.05) is 19.0 Å². The monoisotopic (exact) mass is 510 g/mol. The number of aryl methyl sites for hydroxylation is 4. The molecule has 0 unspecified atom stereocenters. The normalized spacial score (nSPS) is 11.0. The molecule has 0 atom stereocenters. The predicted molar refractivity (Wildman–Crippen MR) is 142 cm³/mol. The number of benzene rings is 4. The zero-order valence-electron chi connectivity index (χ0n) is 20.8. The molecule has 0 bridgehead atoms. The molecule has 0 saturated carbocycles. The van der Waals surface area contributed by atoms with Gasteiger partial charge in [0.1, 0.15) is 0 Å². The summed E-state index contributed by atoms with van der Waals surface area (Å²) < 4.78 is 2.42. The first-order chi connectivity index (χ1) is 15.9. The summed E-state index contributed by atoms with van der Waals surface area (Å²) in [5.74, 6) is 0. The first kappa shape index (κ1) is 24.0. The highest BCUT2D eigenvalue weighted by Crippen LogP contribution is 2.41. The van der Waals surface area contributed by atoms with Crippen LogP contribution in [0.2, 0.25) is 0 Å². The van der Waals surface area contributed by atoms with Gasteiger partial charge in [-0.25, -0.2) is 0 Å². The van der Waals surface area contributed by atoms with Gasteiger partial charge in [0.15, 0.2) is 0 Å². The largest absolute Gasteiger partial charge is 1.00 e. The first-order valence-corrected chi connectivity index (χ1v) is 11.6. The number of halogens is 1. The predicted octanol–water partition coefficient (Wildman–Crippen LogP) is 4.24. The number of fused-ring (bicyclic) bond motifs is 2. The molecule has 1 aromatic heterocycles. The van der Waals surface area contributed by atoms with E-state index in [0.29, 0.717) is 0 Å². The SMILES string of the molecule is Cc1cc(C)c(-c2c3cc(N(C)C)ccc3[n+](-c3ccccc3)c3cccc(C)c23)c(C)c1.[Br-]. The van der Waals surface area contributed by atoms with Gasteiger partial charge in [0.25, 0.3) is 0 Å². The molecular formula is C31H31BrN2. The summed E-state index contributed by atoms with van der Waals surface area (Å²) in [4.78, 5) is 2.19. The topological polar surface area (TPSA) is 7.12 Å². The minimum Gasteiger partial charge on any atom is -1.00 e. The number of anilines is 1. The van der Waals surface area contributed by atoms with E-state index in [0.717, 1.165) is 0 Å². The van der Waals surface area contributed by atoms with Gasteiger partial charge in [0.2, 0.25) is 16.7 Å². The Morgan fingerprint density at radius 1 is 0.618 bits per heavy atom. The highest BCUT2D eigenvalue weighted by Gasteiger charge is 2.26. The number of para-hydroxylation sites is 1. The zero-order valence-corrected chi connectivity index (χ0v) is 22.4. The van der Waals surface area contributed by atoms with Crippen molar-refractivity contribution in [1.29, 1.82) is 0 Å². The Morgan fingerprint density at radius 2 is 1.29 bits per heavy atom. The molecule has 0 aliphatic carbocycles. The summed E-state index contributed by atoms with van der Waals surface area (Å²) in [6, 6.07) is 28.9. The molecule has 0 radical (unpaired) electrons. The van der Waals surface area contributed by atoms with Gasteiger partial charge in [-0.2, -0.15) is 4.57 Å². The molecule has 172 valence electrons. The molecule has 2 nitrogen and oxygen atoms in total. The number of rotatable bonds is 3. The van der Waals surface area contributed by atoms with E-state index < -0.39 is 0 Å². The molecule has 0 spiro atoms. The number of nitrogens with zero attached hydrogens (tertiary/aromatic N) is 2. The van der Waals surface area contributed by atoms with Gasteiger partial charge in [-0.15, -0.1) is 0 Å². The number of aromatic nitrogens is 1. The molecule has 0 fully saturated rings. The van der Waals surface area contributed by atoms with E-state index in [-0.39, 0.29) is 17.0 Å². The van der Waals surface area contributed by atoms with Crippen molar-refractivity contribution in [3.63, 3.8) is 0 Å². The Balaban J connectivity index is 0.00000274. The Kier molecular flexibility index (Phi) is 6.51. The quantitative estimate of drug-likeness (QED) is 0.260. The summed E-state index contributed by atoms with van der Waals surface area (Å²) in [5, 5.41) is 2.60. The van der Waals surface area contributed by atoms with E-state index in [1.165, 1.54) is 66.6 Å². The Labute approximate surface area is 213 Å². The lowest BCUT2D eigenvalue weighted by Crippen LogP contribution is -3.00. The maximum atomic E-state index is 2.42. The summed E-state index contributed by atoms with van der Waals surface area (Å²) in [5.41, 5.74) is 12.8. The highest BCUT2D eigenvalue weighted by atomic mass is 79.9. The van der Waals surface area contributed by atoms with E-state index in [1.54, 1.807) is 0 Å². The van der Waals surface area contributed by atoms with E-state index in [1.807, 2.05) is 0 Å². The summed E-state index contributed by atoms with van der Waals surface area (Å²) in [7, 11) is 4.22. The second-order valence-electron chi connectivity index (χ2n) is 9.38. The van der Waals surface area contributed by atoms with Crippen molar-refractivity contribution in [1.82, 2.24) is 0 Å². The van der Waals surface area contributed by atoms with Crippen LogP contribution < -0.4 is 26.4 Å². The van der Waals surface area contributed by atoms with Gasteiger partial charge < -0.3 is 21.9 Å². The van der Waals surface area contributed by atoms with Crippen molar-refractivity contribution >= 4 is 27.5 Å². The van der Waals surface area contributed by atoms with Crippen LogP contribution in [0.25, 0.3) is 38.6 Å². The van der Waals surface area contributed by atoms with Gasteiger partial charge >= 0.3 is 0 Å². The van der Waals surface area contributed by atoms with Crippen LogP contribution >= 0.6 is 0 Å². The number of pyridine rings is 1. The molecule has 0 saturated heterocycles. The minimum absolute atomic E-state index is 0. The van der Waals surface area contributed by atoms with E-state index in [9.17, 15) is 0 Å². The van der Waals surface area contributed by atoms with Crippen LogP contribution in [0.15, 0.2) is 78.9 Å². The fourth-order valence-electron chi connectivity index (χ4n) is 5.31. The average Bonchev–Trinajstić information content (AvgIpc) is 2.78. The number of hydrogen-bond acceptors (Lipinski definition) is 1. The fourth-order valence-corrected chi connectivity index (χ4v) is 5.31. The molecule has 0 N–H and O–H groups in total. The van der Waals surface area contributed by atoms with Crippen LogP contribution in [0.1, 0.15) is 22.3 Å². The van der Waals surface area contributed by atoms with E-state index in [2.05, 4.69) is 130 Å². The molecule has 34 heavy (non-hydrogen) atoms. The fraction of sp³-hybridized carbons (Fsp3) is 0.194. The second kappa shape index (κ2) is 9.23. The third-order valence-corrected chi connectivity index (χ3v) is 6.69. The molecule has 1 heterocycles. The zero-order chi connectivity index (χ0) is 23.3. The number of hydrogen-bond donors (Lipinski definition) is 0. The summed E-state index contributed by atoms with van der Waals surface area (Å²) >= 11 is 0. The van der Waals surface area contributed by atoms with Gasteiger partial charge in [-0.3, -0.25) is 0 Å². The summed E-state index contributed by atoms with van der Waals surface area (Å²) in [6.45, 7) is 8.92. The molecule has 5 rings (SSSR count). The molecule has 0 aliphatic rings. The smallest absolute Gasteiger partial charge is 0.219 e. The van der Waals surface area contributed by atoms with Crippen LogP contribution in [0.3, 0.4) is 0 Å². The van der Waals surface area contributed by atoms with Crippen molar-refractivity contribution in [3.05, 3.63) is 101 Å². The Morgan fingerprint density at radius 3 is 1.94 bits per heavy atom. The average molecular weight is 512 g/mol. The van der Waals surface area contributed by atoms with Gasteiger partial charge in [-0.05, 0) is 62.1 Å². The van der Waals surface area contributed by atoms with Crippen LogP contribution in [0, 0.1) is 27.7 Å². The van der Waals surface area contributed by atoms with Crippen LogP contribution in [-0.2, 0) is 0 Å². The molecule has 5 aromatic rings. The molecule has 0 aliphatic heterocycles. The van der Waals surface area contributed by atoms with Crippen molar-refractivity contribution in [3.8, 4) is 16.8 Å². The first-order valence-electron chi connectivity index (χ1n) is 11.6. The molecule has 3 heteroatoms. The van der Waals surface area contributed by atoms with Crippen molar-refractivity contribution in [2.45, 2.75) is 27.7 Å². The van der Waals surface area contributed by atoms with Crippen LogP contribution in [0.5, 0.6) is 0 Å². The van der Waals surface area contributed by atoms with Gasteiger partial charge in [0.05, 0.1) is 10.8 Å². The van der Waals surface area contributed by atoms with Crippen molar-refractivity contribution < 1.29 is 21.5 Å². The standard InChI is InChI=1S/C31H31N2.BrH/c1-20-17-22(3)29(23(4)18-20)31-26-19-25(32(5)6)15-16-27(26)33(24-12-8-7-9-13-24)28-14-10-11-21(2)30(28)31;/h7-19H,1-6H3;1H/q+1;/p-1. The third-order valence-electron chi connectivity index (χ3n) is 6.69. The van der Waals surface area contributed by atoms with E-state index >= 15 is 0 Å². The molecule has 4 aromatic carbocycles. The van der Waals surface area contributed by atoms with Gasteiger partial charge in [-0.1, -0.05) is 48.0 Å². The summed E-state index contributed by atoms with van der Waals surface area (Å²) in [6.07, 6.45) is 0. The second-order valence-corrected chi connectivity index (χ2v) is 9.38. The van der Waals surface area contributed by atoms with Crippen LogP contribution in [-0.4, -0.2) is 14.1 Å². The lowest BCUT2D eigenvalue weighted by Gasteiger charge is -2.19. The Hall–Kier alpha value is -3.17. The maximum absolute atomic E-state index is 2.42. The van der Waals surface area contributed by atoms with Crippen molar-refractivity contribution in [2.24, 2.45) is 0 Å². The van der Waals surface area contributed by atoms with E-state index in [4.69, 9.17) is 0 Å². The Bertz CT molecular complexity index is 1500. The third kappa shape index (κ3) is 3.88. The minimum atomic E-state index is 0. The molecule has 0 amide bonds.